The number of benzene rings is 1. The summed E-state index contributed by atoms with van der Waals surface area (Å²) in [4.78, 5) is 43.4. The van der Waals surface area contributed by atoms with Gasteiger partial charge in [0.05, 0.1) is 12.2 Å². The third kappa shape index (κ3) is 3.92. The summed E-state index contributed by atoms with van der Waals surface area (Å²) in [5, 5.41) is 2.63. The molecule has 0 saturated heterocycles. The number of H-pyrrole nitrogens is 1. The van der Waals surface area contributed by atoms with E-state index in [-0.39, 0.29) is 12.1 Å². The van der Waals surface area contributed by atoms with Crippen molar-refractivity contribution in [3.05, 3.63) is 91.4 Å². The van der Waals surface area contributed by atoms with Gasteiger partial charge < -0.3 is 10.3 Å². The van der Waals surface area contributed by atoms with Crippen molar-refractivity contribution in [2.45, 2.75) is 6.54 Å². The summed E-state index contributed by atoms with van der Waals surface area (Å²) in [7, 11) is 0. The number of halogens is 1. The molecule has 8 heteroatoms. The topological polar surface area (TPSA) is 96.8 Å². The predicted molar refractivity (Wildman–Crippen MR) is 96.8 cm³/mol. The zero-order valence-electron chi connectivity index (χ0n) is 12.9. The van der Waals surface area contributed by atoms with Crippen LogP contribution in [0, 0.1) is 0 Å². The van der Waals surface area contributed by atoms with E-state index in [0.717, 1.165) is 15.2 Å². The van der Waals surface area contributed by atoms with Gasteiger partial charge in [0.1, 0.15) is 5.56 Å². The lowest BCUT2D eigenvalue weighted by molar-refractivity contribution is 0.102. The number of aromatic amines is 1. The molecule has 0 unspecified atom stereocenters. The molecular formula is C17H13BrN4O3. The van der Waals surface area contributed by atoms with Crippen LogP contribution in [0.15, 0.2) is 68.9 Å². The SMILES string of the molecule is O=C(Nc1ccc(Br)cc1)c1c[nH]c(=O)n(Cc2ccccn2)c1=O. The van der Waals surface area contributed by atoms with Crippen LogP contribution >= 0.6 is 15.9 Å². The van der Waals surface area contributed by atoms with E-state index in [1.807, 2.05) is 0 Å². The fourth-order valence-electron chi connectivity index (χ4n) is 2.20. The molecule has 0 bridgehead atoms. The van der Waals surface area contributed by atoms with E-state index in [1.165, 1.54) is 0 Å². The van der Waals surface area contributed by atoms with Crippen molar-refractivity contribution >= 4 is 27.5 Å². The first-order valence-corrected chi connectivity index (χ1v) is 8.13. The average molecular weight is 401 g/mol. The molecule has 3 aromatic rings. The van der Waals surface area contributed by atoms with E-state index < -0.39 is 17.2 Å². The average Bonchev–Trinajstić information content (AvgIpc) is 2.61. The molecule has 0 radical (unpaired) electrons. The Hall–Kier alpha value is -3.00. The highest BCUT2D eigenvalue weighted by molar-refractivity contribution is 9.10. The van der Waals surface area contributed by atoms with Gasteiger partial charge in [0.15, 0.2) is 0 Å². The molecule has 0 aliphatic rings. The van der Waals surface area contributed by atoms with Gasteiger partial charge in [-0.2, -0.15) is 0 Å². The summed E-state index contributed by atoms with van der Waals surface area (Å²) in [6, 6.07) is 12.1. The third-order valence-corrected chi connectivity index (χ3v) is 3.98. The second kappa shape index (κ2) is 7.27. The number of anilines is 1. The number of hydrogen-bond acceptors (Lipinski definition) is 4. The van der Waals surface area contributed by atoms with Crippen LogP contribution in [0.25, 0.3) is 0 Å². The highest BCUT2D eigenvalue weighted by Crippen LogP contribution is 2.14. The number of nitrogens with one attached hydrogen (secondary N) is 2. The van der Waals surface area contributed by atoms with Crippen LogP contribution in [-0.4, -0.2) is 20.4 Å². The molecular weight excluding hydrogens is 388 g/mol. The van der Waals surface area contributed by atoms with Gasteiger partial charge in [0, 0.05) is 22.6 Å². The van der Waals surface area contributed by atoms with Gasteiger partial charge in [-0.15, -0.1) is 0 Å². The Kier molecular flexibility index (Phi) is 4.90. The lowest BCUT2D eigenvalue weighted by atomic mass is 10.2. The van der Waals surface area contributed by atoms with Crippen LogP contribution in [0.1, 0.15) is 16.1 Å². The molecule has 0 fully saturated rings. The summed E-state index contributed by atoms with van der Waals surface area (Å²) >= 11 is 3.31. The maximum Gasteiger partial charge on any atom is 0.328 e. The normalized spacial score (nSPS) is 10.4. The van der Waals surface area contributed by atoms with Crippen LogP contribution in [0.3, 0.4) is 0 Å². The van der Waals surface area contributed by atoms with Crippen molar-refractivity contribution in [2.24, 2.45) is 0 Å². The number of carbonyl (C=O) groups excluding carboxylic acids is 1. The summed E-state index contributed by atoms with van der Waals surface area (Å²) in [5.41, 5.74) is -0.353. The predicted octanol–water partition coefficient (Wildman–Crippen LogP) is 1.99. The largest absolute Gasteiger partial charge is 0.328 e. The summed E-state index contributed by atoms with van der Waals surface area (Å²) in [6.45, 7) is -0.0194. The van der Waals surface area contributed by atoms with E-state index in [2.05, 4.69) is 31.2 Å². The molecule has 1 aromatic carbocycles. The fraction of sp³-hybridized carbons (Fsp3) is 0.0588. The third-order valence-electron chi connectivity index (χ3n) is 3.45. The number of hydrogen-bond donors (Lipinski definition) is 2. The Bertz CT molecular complexity index is 1010. The Labute approximate surface area is 150 Å². The quantitative estimate of drug-likeness (QED) is 0.699. The van der Waals surface area contributed by atoms with Crippen LogP contribution in [0.5, 0.6) is 0 Å². The number of pyridine rings is 1. The highest BCUT2D eigenvalue weighted by Gasteiger charge is 2.15. The summed E-state index contributed by atoms with van der Waals surface area (Å²) in [6.07, 6.45) is 2.69. The molecule has 0 aliphatic carbocycles. The Morgan fingerprint density at radius 2 is 1.92 bits per heavy atom. The lowest BCUT2D eigenvalue weighted by Gasteiger charge is -2.08. The molecule has 25 heavy (non-hydrogen) atoms. The zero-order chi connectivity index (χ0) is 17.8. The minimum absolute atomic E-state index is 0.0194. The molecule has 0 spiro atoms. The van der Waals surface area contributed by atoms with Gasteiger partial charge in [-0.3, -0.25) is 19.1 Å². The number of aromatic nitrogens is 3. The van der Waals surface area contributed by atoms with Gasteiger partial charge >= 0.3 is 5.69 Å². The van der Waals surface area contributed by atoms with Gasteiger partial charge in [-0.25, -0.2) is 4.79 Å². The van der Waals surface area contributed by atoms with Crippen molar-refractivity contribution in [1.82, 2.24) is 14.5 Å². The number of amides is 1. The van der Waals surface area contributed by atoms with E-state index in [9.17, 15) is 14.4 Å². The zero-order valence-corrected chi connectivity index (χ0v) is 14.5. The van der Waals surface area contributed by atoms with Gasteiger partial charge in [-0.05, 0) is 36.4 Å². The van der Waals surface area contributed by atoms with Crippen molar-refractivity contribution in [1.29, 1.82) is 0 Å². The van der Waals surface area contributed by atoms with Crippen LogP contribution < -0.4 is 16.6 Å². The van der Waals surface area contributed by atoms with Gasteiger partial charge in [0.2, 0.25) is 0 Å². The van der Waals surface area contributed by atoms with Crippen molar-refractivity contribution in [3.8, 4) is 0 Å². The Morgan fingerprint density at radius 1 is 1.16 bits per heavy atom. The van der Waals surface area contributed by atoms with Crippen LogP contribution in [0.2, 0.25) is 0 Å². The molecule has 126 valence electrons. The van der Waals surface area contributed by atoms with E-state index >= 15 is 0 Å². The summed E-state index contributed by atoms with van der Waals surface area (Å²) in [5.74, 6) is -0.599. The monoisotopic (exact) mass is 400 g/mol. The minimum Gasteiger partial charge on any atom is -0.322 e. The minimum atomic E-state index is -0.677. The summed E-state index contributed by atoms with van der Waals surface area (Å²) < 4.78 is 1.81. The first-order chi connectivity index (χ1) is 12.0. The number of rotatable bonds is 4. The lowest BCUT2D eigenvalue weighted by Crippen LogP contribution is -2.39. The first-order valence-electron chi connectivity index (χ1n) is 7.34. The van der Waals surface area contributed by atoms with Gasteiger partial charge in [-0.1, -0.05) is 22.0 Å². The van der Waals surface area contributed by atoms with Crippen LogP contribution in [-0.2, 0) is 6.54 Å². The molecule has 0 saturated carbocycles. The Balaban J connectivity index is 1.90. The second-order valence-electron chi connectivity index (χ2n) is 5.18. The smallest absolute Gasteiger partial charge is 0.322 e. The Morgan fingerprint density at radius 3 is 2.60 bits per heavy atom. The van der Waals surface area contributed by atoms with E-state index in [4.69, 9.17) is 0 Å². The molecule has 2 aromatic heterocycles. The molecule has 0 atom stereocenters. The van der Waals surface area contributed by atoms with Crippen molar-refractivity contribution < 1.29 is 4.79 Å². The van der Waals surface area contributed by atoms with Crippen molar-refractivity contribution in [3.63, 3.8) is 0 Å². The molecule has 2 heterocycles. The molecule has 0 aliphatic heterocycles. The molecule has 2 N–H and O–H groups in total. The number of carbonyl (C=O) groups is 1. The van der Waals surface area contributed by atoms with Crippen molar-refractivity contribution in [2.75, 3.05) is 5.32 Å². The van der Waals surface area contributed by atoms with E-state index in [1.54, 1.807) is 48.7 Å². The molecule has 1 amide bonds. The maximum atomic E-state index is 12.5. The second-order valence-corrected chi connectivity index (χ2v) is 6.10. The maximum absolute atomic E-state index is 12.5. The first kappa shape index (κ1) is 16.8. The number of nitrogens with zero attached hydrogens (tertiary/aromatic N) is 2. The standard InChI is InChI=1S/C17H13BrN4O3/c18-11-4-6-12(7-5-11)21-15(23)14-9-20-17(25)22(16(14)24)10-13-3-1-2-8-19-13/h1-9H,10H2,(H,20,25)(H,21,23). The highest BCUT2D eigenvalue weighted by atomic mass is 79.9. The van der Waals surface area contributed by atoms with Crippen LogP contribution in [0.4, 0.5) is 5.69 Å². The fourth-order valence-corrected chi connectivity index (χ4v) is 2.47. The van der Waals surface area contributed by atoms with Gasteiger partial charge in [0.25, 0.3) is 11.5 Å². The van der Waals surface area contributed by atoms with E-state index in [0.29, 0.717) is 11.4 Å². The molecule has 7 nitrogen and oxygen atoms in total. The molecule has 3 rings (SSSR count).